The van der Waals surface area contributed by atoms with Crippen molar-refractivity contribution in [1.29, 1.82) is 0 Å². The van der Waals surface area contributed by atoms with Gasteiger partial charge in [0.25, 0.3) is 0 Å². The van der Waals surface area contributed by atoms with Gasteiger partial charge in [-0.3, -0.25) is 4.79 Å². The fourth-order valence-corrected chi connectivity index (χ4v) is 2.47. The van der Waals surface area contributed by atoms with Crippen molar-refractivity contribution >= 4 is 5.97 Å². The van der Waals surface area contributed by atoms with E-state index in [0.29, 0.717) is 0 Å². The van der Waals surface area contributed by atoms with Gasteiger partial charge in [-0.2, -0.15) is 0 Å². The van der Waals surface area contributed by atoms with Crippen molar-refractivity contribution in [2.45, 2.75) is 46.0 Å². The molecule has 1 fully saturated rings. The monoisotopic (exact) mass is 248 g/mol. The highest BCUT2D eigenvalue weighted by Crippen LogP contribution is 2.45. The van der Waals surface area contributed by atoms with Crippen LogP contribution in [0.3, 0.4) is 0 Å². The van der Waals surface area contributed by atoms with Gasteiger partial charge in [0.05, 0.1) is 7.11 Å². The summed E-state index contributed by atoms with van der Waals surface area (Å²) in [6, 6.07) is 8.86. The van der Waals surface area contributed by atoms with Crippen LogP contribution in [0.25, 0.3) is 0 Å². The Morgan fingerprint density at radius 2 is 1.94 bits per heavy atom. The minimum absolute atomic E-state index is 0.245. The lowest BCUT2D eigenvalue weighted by molar-refractivity contribution is -0.137. The number of ether oxygens (including phenoxy) is 1. The lowest BCUT2D eigenvalue weighted by Gasteiger charge is -2.37. The van der Waals surface area contributed by atoms with E-state index in [-0.39, 0.29) is 5.97 Å². The lowest BCUT2D eigenvalue weighted by Crippen LogP contribution is -2.23. The number of carbonyl (C=O) groups is 1. The average molecular weight is 248 g/mol. The van der Waals surface area contributed by atoms with E-state index in [1.54, 1.807) is 5.56 Å². The zero-order valence-corrected chi connectivity index (χ0v) is 11.9. The standard InChI is InChI=1S/C13H18.C3H6O2/c1-3-11-8-9-13(11)12-7-5-4-6-10(12)2;1-3(4)5-2/h4-7,11,13H,3,8-9H2,1-2H3;1-2H3. The Labute approximate surface area is 110 Å². The summed E-state index contributed by atoms with van der Waals surface area (Å²) in [5, 5.41) is 0. The quantitative estimate of drug-likeness (QED) is 0.737. The van der Waals surface area contributed by atoms with Crippen molar-refractivity contribution in [3.8, 4) is 0 Å². The summed E-state index contributed by atoms with van der Waals surface area (Å²) >= 11 is 0. The summed E-state index contributed by atoms with van der Waals surface area (Å²) in [6.07, 6.45) is 4.19. The van der Waals surface area contributed by atoms with Crippen molar-refractivity contribution in [2.24, 2.45) is 5.92 Å². The molecule has 18 heavy (non-hydrogen) atoms. The van der Waals surface area contributed by atoms with Gasteiger partial charge in [-0.15, -0.1) is 0 Å². The molecule has 2 atom stereocenters. The summed E-state index contributed by atoms with van der Waals surface area (Å²) in [5.74, 6) is 1.58. The Hall–Kier alpha value is -1.31. The molecule has 100 valence electrons. The fourth-order valence-electron chi connectivity index (χ4n) is 2.47. The van der Waals surface area contributed by atoms with Gasteiger partial charge in [0, 0.05) is 6.92 Å². The molecule has 2 nitrogen and oxygen atoms in total. The zero-order chi connectivity index (χ0) is 13.5. The van der Waals surface area contributed by atoms with Crippen LogP contribution in [0.1, 0.15) is 50.2 Å². The minimum Gasteiger partial charge on any atom is -0.469 e. The first-order chi connectivity index (χ1) is 8.60. The Kier molecular flexibility index (Phi) is 5.90. The highest BCUT2D eigenvalue weighted by atomic mass is 16.5. The largest absolute Gasteiger partial charge is 0.469 e. The molecular weight excluding hydrogens is 224 g/mol. The van der Waals surface area contributed by atoms with Crippen LogP contribution in [0.2, 0.25) is 0 Å². The molecule has 0 N–H and O–H groups in total. The van der Waals surface area contributed by atoms with Crippen molar-refractivity contribution < 1.29 is 9.53 Å². The molecule has 0 bridgehead atoms. The van der Waals surface area contributed by atoms with Gasteiger partial charge < -0.3 is 4.74 Å². The molecule has 1 aliphatic rings. The number of hydrogen-bond donors (Lipinski definition) is 0. The number of carbonyl (C=O) groups excluding carboxylic acids is 1. The Bertz CT molecular complexity index is 382. The predicted octanol–water partition coefficient (Wildman–Crippen LogP) is 4.08. The summed E-state index contributed by atoms with van der Waals surface area (Å²) < 4.78 is 4.11. The lowest BCUT2D eigenvalue weighted by atomic mass is 9.68. The SMILES string of the molecule is CCC1CCC1c1ccccc1C.COC(C)=O. The number of aryl methyl sites for hydroxylation is 1. The number of esters is 1. The summed E-state index contributed by atoms with van der Waals surface area (Å²) in [5.41, 5.74) is 3.08. The zero-order valence-electron chi connectivity index (χ0n) is 11.9. The molecule has 0 radical (unpaired) electrons. The molecule has 1 aromatic rings. The molecule has 1 aromatic carbocycles. The summed E-state index contributed by atoms with van der Waals surface area (Å²) in [6.45, 7) is 5.91. The maximum Gasteiger partial charge on any atom is 0.302 e. The van der Waals surface area contributed by atoms with Gasteiger partial charge in [-0.05, 0) is 42.7 Å². The Balaban J connectivity index is 0.000000280. The second-order valence-corrected chi connectivity index (χ2v) is 4.90. The second-order valence-electron chi connectivity index (χ2n) is 4.90. The molecule has 2 unspecified atom stereocenters. The fraction of sp³-hybridized carbons (Fsp3) is 0.562. The molecule has 1 saturated carbocycles. The van der Waals surface area contributed by atoms with Crippen molar-refractivity contribution in [2.75, 3.05) is 7.11 Å². The van der Waals surface area contributed by atoms with E-state index >= 15 is 0 Å². The van der Waals surface area contributed by atoms with Crippen molar-refractivity contribution in [3.63, 3.8) is 0 Å². The predicted molar refractivity (Wildman–Crippen MR) is 74.6 cm³/mol. The van der Waals surface area contributed by atoms with E-state index in [0.717, 1.165) is 11.8 Å². The molecule has 0 spiro atoms. The average Bonchev–Trinajstić information content (AvgIpc) is 2.32. The molecular formula is C16H24O2. The number of benzene rings is 1. The van der Waals surface area contributed by atoms with Crippen LogP contribution in [-0.2, 0) is 9.53 Å². The van der Waals surface area contributed by atoms with E-state index in [1.165, 1.54) is 38.9 Å². The molecule has 1 aliphatic carbocycles. The van der Waals surface area contributed by atoms with Crippen LogP contribution in [0.5, 0.6) is 0 Å². The van der Waals surface area contributed by atoms with Crippen LogP contribution in [0.4, 0.5) is 0 Å². The molecule has 0 aliphatic heterocycles. The maximum atomic E-state index is 9.59. The number of rotatable bonds is 2. The molecule has 0 amide bonds. The van der Waals surface area contributed by atoms with Crippen molar-refractivity contribution in [1.82, 2.24) is 0 Å². The highest BCUT2D eigenvalue weighted by molar-refractivity contribution is 5.65. The molecule has 0 heterocycles. The van der Waals surface area contributed by atoms with Crippen LogP contribution >= 0.6 is 0 Å². The third-order valence-corrected chi connectivity index (χ3v) is 3.82. The van der Waals surface area contributed by atoms with Crippen LogP contribution in [-0.4, -0.2) is 13.1 Å². The first-order valence-electron chi connectivity index (χ1n) is 6.70. The topological polar surface area (TPSA) is 26.3 Å². The molecule has 2 heteroatoms. The van der Waals surface area contributed by atoms with E-state index in [9.17, 15) is 4.79 Å². The minimum atomic E-state index is -0.245. The molecule has 2 rings (SSSR count). The number of methoxy groups -OCH3 is 1. The van der Waals surface area contributed by atoms with Crippen molar-refractivity contribution in [3.05, 3.63) is 35.4 Å². The van der Waals surface area contributed by atoms with Gasteiger partial charge in [0.2, 0.25) is 0 Å². The smallest absolute Gasteiger partial charge is 0.302 e. The van der Waals surface area contributed by atoms with Gasteiger partial charge in [-0.1, -0.05) is 37.6 Å². The van der Waals surface area contributed by atoms with Gasteiger partial charge in [-0.25, -0.2) is 0 Å². The molecule has 0 saturated heterocycles. The third-order valence-electron chi connectivity index (χ3n) is 3.82. The first-order valence-corrected chi connectivity index (χ1v) is 6.70. The highest BCUT2D eigenvalue weighted by Gasteiger charge is 2.30. The summed E-state index contributed by atoms with van der Waals surface area (Å²) in [7, 11) is 1.35. The maximum absolute atomic E-state index is 9.59. The van der Waals surface area contributed by atoms with E-state index in [1.807, 2.05) is 0 Å². The second kappa shape index (κ2) is 7.20. The van der Waals surface area contributed by atoms with E-state index in [4.69, 9.17) is 0 Å². The Morgan fingerprint density at radius 3 is 2.33 bits per heavy atom. The first kappa shape index (κ1) is 14.7. The third kappa shape index (κ3) is 3.86. The summed E-state index contributed by atoms with van der Waals surface area (Å²) in [4.78, 5) is 9.59. The van der Waals surface area contributed by atoms with Gasteiger partial charge in [0.1, 0.15) is 0 Å². The van der Waals surface area contributed by atoms with Crippen LogP contribution in [0.15, 0.2) is 24.3 Å². The Morgan fingerprint density at radius 1 is 1.33 bits per heavy atom. The van der Waals surface area contributed by atoms with Crippen LogP contribution in [0, 0.1) is 12.8 Å². The van der Waals surface area contributed by atoms with Gasteiger partial charge >= 0.3 is 5.97 Å². The van der Waals surface area contributed by atoms with Crippen LogP contribution < -0.4 is 0 Å². The normalized spacial score (nSPS) is 21.3. The van der Waals surface area contributed by atoms with E-state index in [2.05, 4.69) is 42.8 Å². The van der Waals surface area contributed by atoms with E-state index < -0.39 is 0 Å². The van der Waals surface area contributed by atoms with Gasteiger partial charge in [0.15, 0.2) is 0 Å². The molecule has 0 aromatic heterocycles. The number of hydrogen-bond acceptors (Lipinski definition) is 2.